The molecule has 0 spiro atoms. The Kier molecular flexibility index (Phi) is 2.99. The summed E-state index contributed by atoms with van der Waals surface area (Å²) in [4.78, 5) is 0. The molecule has 0 aliphatic carbocycles. The molecule has 1 saturated heterocycles. The van der Waals surface area contributed by atoms with E-state index < -0.39 is 37.3 Å². The summed E-state index contributed by atoms with van der Waals surface area (Å²) < 4.78 is 4.70. The largest absolute Gasteiger partial charge is 0.394 e. The molecule has 1 rings (SSSR count). The summed E-state index contributed by atoms with van der Waals surface area (Å²) in [6, 6.07) is -1.04. The predicted octanol–water partition coefficient (Wildman–Crippen LogP) is -3.25. The van der Waals surface area contributed by atoms with Crippen LogP contribution >= 0.6 is 0 Å². The Morgan fingerprint density at radius 3 is 2.25 bits per heavy atom. The highest BCUT2D eigenvalue weighted by atomic mass is 16.6. The van der Waals surface area contributed by atoms with Crippen molar-refractivity contribution >= 4 is 0 Å². The summed E-state index contributed by atoms with van der Waals surface area (Å²) in [6.45, 7) is -0.470. The minimum absolute atomic E-state index is 0.470. The van der Waals surface area contributed by atoms with Gasteiger partial charge in [-0.1, -0.05) is 0 Å². The average molecular weight is 179 g/mol. The lowest BCUT2D eigenvalue weighted by atomic mass is 9.98. The zero-order chi connectivity index (χ0) is 9.30. The summed E-state index contributed by atoms with van der Waals surface area (Å²) in [7, 11) is 0. The molecular weight excluding hydrogens is 166 g/mol. The highest BCUT2D eigenvalue weighted by molar-refractivity contribution is 4.90. The fraction of sp³-hybridized carbons (Fsp3) is 1.00. The molecule has 0 aromatic carbocycles. The molecule has 5 atom stereocenters. The van der Waals surface area contributed by atoms with Gasteiger partial charge < -0.3 is 30.9 Å². The van der Waals surface area contributed by atoms with Crippen molar-refractivity contribution in [3.8, 4) is 0 Å². The van der Waals surface area contributed by atoms with Crippen molar-refractivity contribution in [3.05, 3.63) is 0 Å². The molecule has 1 fully saturated rings. The van der Waals surface area contributed by atoms with Gasteiger partial charge in [0, 0.05) is 0 Å². The number of aliphatic hydroxyl groups excluding tert-OH is 4. The highest BCUT2D eigenvalue weighted by Crippen LogP contribution is 2.17. The molecule has 1 heterocycles. The predicted molar refractivity (Wildman–Crippen MR) is 38.0 cm³/mol. The van der Waals surface area contributed by atoms with Gasteiger partial charge in [-0.25, -0.2) is 0 Å². The van der Waals surface area contributed by atoms with Crippen molar-refractivity contribution in [1.82, 2.24) is 0 Å². The van der Waals surface area contributed by atoms with E-state index >= 15 is 0 Å². The lowest BCUT2D eigenvalue weighted by Gasteiger charge is -2.38. The number of hydrogen-bond acceptors (Lipinski definition) is 6. The third-order valence-electron chi connectivity index (χ3n) is 1.95. The summed E-state index contributed by atoms with van der Waals surface area (Å²) >= 11 is 0. The topological polar surface area (TPSA) is 116 Å². The first-order valence-electron chi connectivity index (χ1n) is 3.64. The molecule has 0 bridgehead atoms. The Morgan fingerprint density at radius 1 is 1.17 bits per heavy atom. The molecule has 6 N–H and O–H groups in total. The van der Waals surface area contributed by atoms with Crippen LogP contribution in [-0.2, 0) is 4.74 Å². The van der Waals surface area contributed by atoms with Gasteiger partial charge >= 0.3 is 0 Å². The smallest absolute Gasteiger partial charge is 0.173 e. The summed E-state index contributed by atoms with van der Waals surface area (Å²) in [6.07, 6.45) is -4.85. The van der Waals surface area contributed by atoms with Crippen LogP contribution in [0.3, 0.4) is 0 Å². The third-order valence-corrected chi connectivity index (χ3v) is 1.95. The summed E-state index contributed by atoms with van der Waals surface area (Å²) in [5.74, 6) is 0. The molecular formula is C6H13NO5. The van der Waals surface area contributed by atoms with E-state index in [-0.39, 0.29) is 0 Å². The Hall–Kier alpha value is -0.240. The van der Waals surface area contributed by atoms with Gasteiger partial charge in [-0.15, -0.1) is 0 Å². The molecule has 1 aliphatic heterocycles. The van der Waals surface area contributed by atoms with Crippen LogP contribution in [0.25, 0.3) is 0 Å². The fourth-order valence-electron chi connectivity index (χ4n) is 1.12. The van der Waals surface area contributed by atoms with Crippen molar-refractivity contribution in [1.29, 1.82) is 0 Å². The van der Waals surface area contributed by atoms with E-state index in [1.54, 1.807) is 0 Å². The van der Waals surface area contributed by atoms with Crippen LogP contribution in [0.4, 0.5) is 0 Å². The number of rotatable bonds is 1. The average Bonchev–Trinajstić information content (AvgIpc) is 2.08. The summed E-state index contributed by atoms with van der Waals surface area (Å²) in [5.41, 5.74) is 5.26. The molecule has 6 heteroatoms. The second-order valence-electron chi connectivity index (χ2n) is 2.81. The molecule has 0 aromatic heterocycles. The fourth-order valence-corrected chi connectivity index (χ4v) is 1.12. The number of hydrogen-bond donors (Lipinski definition) is 5. The van der Waals surface area contributed by atoms with Crippen molar-refractivity contribution < 1.29 is 25.2 Å². The zero-order valence-corrected chi connectivity index (χ0v) is 6.37. The minimum atomic E-state index is -1.35. The molecule has 0 aromatic rings. The zero-order valence-electron chi connectivity index (χ0n) is 6.37. The van der Waals surface area contributed by atoms with Gasteiger partial charge in [0.1, 0.15) is 18.3 Å². The van der Waals surface area contributed by atoms with Gasteiger partial charge in [-0.3, -0.25) is 0 Å². The Balaban J connectivity index is 2.63. The first-order chi connectivity index (χ1) is 5.57. The van der Waals surface area contributed by atoms with Crippen LogP contribution in [0.2, 0.25) is 0 Å². The van der Waals surface area contributed by atoms with Crippen LogP contribution in [0.1, 0.15) is 0 Å². The van der Waals surface area contributed by atoms with E-state index in [0.717, 1.165) is 0 Å². The maximum atomic E-state index is 9.20. The highest BCUT2D eigenvalue weighted by Gasteiger charge is 2.41. The molecule has 1 aliphatic rings. The van der Waals surface area contributed by atoms with Crippen molar-refractivity contribution in [2.45, 2.75) is 30.6 Å². The molecule has 0 amide bonds. The molecule has 0 radical (unpaired) electrons. The second-order valence-corrected chi connectivity index (χ2v) is 2.81. The number of ether oxygens (including phenoxy) is 1. The molecule has 12 heavy (non-hydrogen) atoms. The van der Waals surface area contributed by atoms with Crippen LogP contribution in [0.5, 0.6) is 0 Å². The van der Waals surface area contributed by atoms with Gasteiger partial charge in [0.25, 0.3) is 0 Å². The van der Waals surface area contributed by atoms with E-state index in [1.165, 1.54) is 0 Å². The molecule has 1 unspecified atom stereocenters. The first kappa shape index (κ1) is 9.85. The number of nitrogens with two attached hydrogens (primary N) is 1. The first-order valence-corrected chi connectivity index (χ1v) is 3.64. The quantitative estimate of drug-likeness (QED) is 0.288. The van der Waals surface area contributed by atoms with E-state index in [1.807, 2.05) is 0 Å². The summed E-state index contributed by atoms with van der Waals surface area (Å²) in [5, 5.41) is 36.1. The van der Waals surface area contributed by atoms with Crippen molar-refractivity contribution in [2.75, 3.05) is 6.61 Å². The van der Waals surface area contributed by atoms with Crippen molar-refractivity contribution in [3.63, 3.8) is 0 Å². The maximum absolute atomic E-state index is 9.20. The van der Waals surface area contributed by atoms with Gasteiger partial charge in [0.15, 0.2) is 6.29 Å². The van der Waals surface area contributed by atoms with Gasteiger partial charge in [0.2, 0.25) is 0 Å². The van der Waals surface area contributed by atoms with E-state index in [9.17, 15) is 10.2 Å². The minimum Gasteiger partial charge on any atom is -0.394 e. The van der Waals surface area contributed by atoms with Crippen LogP contribution in [0, 0.1) is 0 Å². The molecule has 0 saturated carbocycles. The van der Waals surface area contributed by atoms with Gasteiger partial charge in [0.05, 0.1) is 12.6 Å². The molecule has 72 valence electrons. The van der Waals surface area contributed by atoms with Crippen LogP contribution in [0.15, 0.2) is 0 Å². The SMILES string of the molecule is N[C@H]1C(O)O[C@@H](CO)[C@@H](O)[C@@H]1O. The van der Waals surface area contributed by atoms with Crippen LogP contribution < -0.4 is 5.73 Å². The Bertz CT molecular complexity index is 150. The lowest BCUT2D eigenvalue weighted by Crippen LogP contribution is -2.61. The Labute approximate surface area is 69.2 Å². The van der Waals surface area contributed by atoms with Gasteiger partial charge in [-0.2, -0.15) is 0 Å². The normalized spacial score (nSPS) is 49.2. The number of aliphatic hydroxyl groups is 4. The monoisotopic (exact) mass is 179 g/mol. The van der Waals surface area contributed by atoms with E-state index in [4.69, 9.17) is 20.7 Å². The van der Waals surface area contributed by atoms with Crippen LogP contribution in [-0.4, -0.2) is 57.7 Å². The third kappa shape index (κ3) is 1.58. The second kappa shape index (κ2) is 3.65. The Morgan fingerprint density at radius 2 is 1.75 bits per heavy atom. The van der Waals surface area contributed by atoms with E-state index in [0.29, 0.717) is 0 Å². The molecule has 6 nitrogen and oxygen atoms in total. The van der Waals surface area contributed by atoms with Crippen molar-refractivity contribution in [2.24, 2.45) is 5.73 Å². The maximum Gasteiger partial charge on any atom is 0.173 e. The van der Waals surface area contributed by atoms with Gasteiger partial charge in [-0.05, 0) is 0 Å². The lowest BCUT2D eigenvalue weighted by molar-refractivity contribution is -0.248. The standard InChI is InChI=1S/C6H13NO5/c7-3-5(10)4(9)2(1-8)12-6(3)11/h2-6,8-11H,1,7H2/t2-,3+,4+,5+,6?/m0/s1. The van der Waals surface area contributed by atoms with E-state index in [2.05, 4.69) is 0 Å².